The lowest BCUT2D eigenvalue weighted by Crippen LogP contribution is -1.60. The summed E-state index contributed by atoms with van der Waals surface area (Å²) in [7, 11) is 0. The van der Waals surface area contributed by atoms with E-state index in [0.29, 0.717) is 0 Å². The first kappa shape index (κ1) is 5.89. The zero-order chi connectivity index (χ0) is 5.40. The summed E-state index contributed by atoms with van der Waals surface area (Å²) in [5.74, 6) is 0. The van der Waals surface area contributed by atoms with E-state index in [9.17, 15) is 0 Å². The molecule has 0 nitrogen and oxygen atoms in total. The Morgan fingerprint density at radius 1 is 0.750 bits per heavy atom. The van der Waals surface area contributed by atoms with Gasteiger partial charge in [-0.25, -0.2) is 0 Å². The molecule has 0 aromatic heterocycles. The van der Waals surface area contributed by atoms with E-state index in [1.807, 2.05) is 47.0 Å². The van der Waals surface area contributed by atoms with Gasteiger partial charge in [-0.2, -0.15) is 0 Å². The molecule has 0 amide bonds. The molecule has 0 aliphatic carbocycles. The fourth-order valence-electron chi connectivity index (χ4n) is 0.592. The molecule has 2 rings (SSSR count). The Bertz CT molecular complexity index is 111. The van der Waals surface area contributed by atoms with Crippen LogP contribution in [0, 0.1) is 0 Å². The molecule has 0 bridgehead atoms. The largest absolute Gasteiger partial charge is 0.106 e. The Morgan fingerprint density at radius 3 is 1.50 bits per heavy atom. The van der Waals surface area contributed by atoms with E-state index >= 15 is 0 Å². The summed E-state index contributed by atoms with van der Waals surface area (Å²) in [6.07, 6.45) is 0. The highest BCUT2D eigenvalue weighted by Crippen LogP contribution is 2.56. The van der Waals surface area contributed by atoms with Gasteiger partial charge in [-0.1, -0.05) is 0 Å². The molecule has 0 N–H and O–H groups in total. The Morgan fingerprint density at radius 2 is 1.12 bits per heavy atom. The maximum Gasteiger partial charge on any atom is 0.0619 e. The third-order valence-corrected chi connectivity index (χ3v) is 6.61. The smallest absolute Gasteiger partial charge is 0.0619 e. The van der Waals surface area contributed by atoms with Crippen molar-refractivity contribution in [3.05, 3.63) is 8.47 Å². The molecule has 0 radical (unpaired) electrons. The molecule has 8 heavy (non-hydrogen) atoms. The lowest BCUT2D eigenvalue weighted by atomic mass is 11.2. The Hall–Kier alpha value is 1.14. The maximum atomic E-state index is 2.00. The fourth-order valence-corrected chi connectivity index (χ4v) is 7.06. The minimum atomic E-state index is 1.25. The molecule has 0 aromatic rings. The van der Waals surface area contributed by atoms with Crippen LogP contribution in [0.2, 0.25) is 0 Å². The Labute approximate surface area is 65.6 Å². The van der Waals surface area contributed by atoms with Crippen molar-refractivity contribution < 1.29 is 0 Å². The van der Waals surface area contributed by atoms with E-state index in [1.54, 1.807) is 8.47 Å². The van der Waals surface area contributed by atoms with Crippen LogP contribution < -0.4 is 0 Å². The molecule has 0 saturated heterocycles. The molecule has 44 valence electrons. The van der Waals surface area contributed by atoms with Crippen molar-refractivity contribution in [2.24, 2.45) is 0 Å². The second-order valence-electron chi connectivity index (χ2n) is 1.39. The Kier molecular flexibility index (Phi) is 1.77. The van der Waals surface area contributed by atoms with Crippen molar-refractivity contribution in [2.45, 2.75) is 0 Å². The molecule has 4 heteroatoms. The standard InChI is InChI=1S/C4H4S4/c1-5-3-4(6-1)8-2-7-3/h1-2H2. The molecule has 2 aliphatic heterocycles. The van der Waals surface area contributed by atoms with Crippen LogP contribution in [0.4, 0.5) is 0 Å². The van der Waals surface area contributed by atoms with E-state index in [1.165, 1.54) is 10.2 Å². The van der Waals surface area contributed by atoms with Gasteiger partial charge in [0.1, 0.15) is 0 Å². The van der Waals surface area contributed by atoms with E-state index in [0.717, 1.165) is 0 Å². The van der Waals surface area contributed by atoms with Gasteiger partial charge in [0.25, 0.3) is 0 Å². The average molecular weight is 180 g/mol. The highest BCUT2D eigenvalue weighted by atomic mass is 32.3. The van der Waals surface area contributed by atoms with Gasteiger partial charge in [0.2, 0.25) is 0 Å². The summed E-state index contributed by atoms with van der Waals surface area (Å²) in [5.41, 5.74) is 0. The predicted octanol–water partition coefficient (Wildman–Crippen LogP) is 2.99. The van der Waals surface area contributed by atoms with Crippen LogP contribution in [-0.4, -0.2) is 10.2 Å². The minimum absolute atomic E-state index is 1.25. The van der Waals surface area contributed by atoms with Gasteiger partial charge in [0.05, 0.1) is 8.47 Å². The third kappa shape index (κ3) is 0.916. The van der Waals surface area contributed by atoms with Crippen LogP contribution in [0.25, 0.3) is 0 Å². The van der Waals surface area contributed by atoms with E-state index in [2.05, 4.69) is 0 Å². The van der Waals surface area contributed by atoms with Crippen molar-refractivity contribution >= 4 is 47.0 Å². The minimum Gasteiger partial charge on any atom is -0.106 e. The highest BCUT2D eigenvalue weighted by Gasteiger charge is 2.21. The van der Waals surface area contributed by atoms with Crippen molar-refractivity contribution in [1.82, 2.24) is 0 Å². The van der Waals surface area contributed by atoms with Gasteiger partial charge in [0.15, 0.2) is 0 Å². The van der Waals surface area contributed by atoms with Crippen LogP contribution in [0.5, 0.6) is 0 Å². The molecular formula is C4H4S4. The maximum absolute atomic E-state index is 2.00. The van der Waals surface area contributed by atoms with Crippen LogP contribution in [0.15, 0.2) is 8.47 Å². The van der Waals surface area contributed by atoms with Crippen molar-refractivity contribution in [3.8, 4) is 0 Å². The molecule has 2 aliphatic rings. The second-order valence-corrected chi connectivity index (χ2v) is 6.58. The van der Waals surface area contributed by atoms with Gasteiger partial charge >= 0.3 is 0 Å². The first-order valence-corrected chi connectivity index (χ1v) is 6.16. The van der Waals surface area contributed by atoms with Gasteiger partial charge in [-0.15, -0.1) is 47.0 Å². The summed E-state index contributed by atoms with van der Waals surface area (Å²) in [6.45, 7) is 0. The van der Waals surface area contributed by atoms with E-state index < -0.39 is 0 Å². The van der Waals surface area contributed by atoms with Crippen LogP contribution in [0.3, 0.4) is 0 Å². The molecule has 0 aromatic carbocycles. The number of thioether (sulfide) groups is 4. The zero-order valence-corrected chi connectivity index (χ0v) is 7.31. The van der Waals surface area contributed by atoms with Gasteiger partial charge in [-0.3, -0.25) is 0 Å². The quantitative estimate of drug-likeness (QED) is 0.562. The Balaban J connectivity index is 2.23. The molecule has 0 fully saturated rings. The van der Waals surface area contributed by atoms with Crippen LogP contribution >= 0.6 is 47.0 Å². The normalized spacial score (nSPS) is 27.0. The number of rotatable bonds is 0. The summed E-state index contributed by atoms with van der Waals surface area (Å²) in [5, 5.41) is 2.51. The summed E-state index contributed by atoms with van der Waals surface area (Å²) in [6, 6.07) is 0. The van der Waals surface area contributed by atoms with Crippen LogP contribution in [-0.2, 0) is 0 Å². The predicted molar refractivity (Wildman–Crippen MR) is 47.1 cm³/mol. The summed E-state index contributed by atoms with van der Waals surface area (Å²) in [4.78, 5) is 0. The lowest BCUT2D eigenvalue weighted by Gasteiger charge is -1.89. The summed E-state index contributed by atoms with van der Waals surface area (Å²) >= 11 is 7.99. The van der Waals surface area contributed by atoms with E-state index in [-0.39, 0.29) is 0 Å². The SMILES string of the molecule is C1SC2=C(S1)SCS2. The molecule has 2 heterocycles. The lowest BCUT2D eigenvalue weighted by molar-refractivity contribution is 2.29. The zero-order valence-electron chi connectivity index (χ0n) is 4.05. The van der Waals surface area contributed by atoms with Gasteiger partial charge < -0.3 is 0 Å². The highest BCUT2D eigenvalue weighted by molar-refractivity contribution is 8.42. The average Bonchev–Trinajstić information content (AvgIpc) is 2.15. The first-order chi connectivity index (χ1) is 3.97. The monoisotopic (exact) mass is 180 g/mol. The van der Waals surface area contributed by atoms with Crippen molar-refractivity contribution in [2.75, 3.05) is 10.2 Å². The first-order valence-electron chi connectivity index (χ1n) is 2.22. The molecule has 0 saturated carbocycles. The third-order valence-electron chi connectivity index (χ3n) is 0.927. The molecule has 0 atom stereocenters. The van der Waals surface area contributed by atoms with Crippen LogP contribution in [0.1, 0.15) is 0 Å². The van der Waals surface area contributed by atoms with Gasteiger partial charge in [0, 0.05) is 10.2 Å². The second kappa shape index (κ2) is 2.40. The fraction of sp³-hybridized carbons (Fsp3) is 0.500. The van der Waals surface area contributed by atoms with E-state index in [4.69, 9.17) is 0 Å². The van der Waals surface area contributed by atoms with Gasteiger partial charge in [-0.05, 0) is 0 Å². The summed E-state index contributed by atoms with van der Waals surface area (Å²) < 4.78 is 3.17. The number of hydrogen-bond acceptors (Lipinski definition) is 4. The van der Waals surface area contributed by atoms with Crippen molar-refractivity contribution in [1.29, 1.82) is 0 Å². The molecule has 0 unspecified atom stereocenters. The van der Waals surface area contributed by atoms with Crippen molar-refractivity contribution in [3.63, 3.8) is 0 Å². The molecule has 0 spiro atoms. The molecular weight excluding hydrogens is 176 g/mol. The number of hydrogen-bond donors (Lipinski definition) is 0. The topological polar surface area (TPSA) is 0 Å².